The monoisotopic (exact) mass is 349 g/mol. The van der Waals surface area contributed by atoms with Crippen LogP contribution in [0.3, 0.4) is 0 Å². The maximum atomic E-state index is 12.4. The van der Waals surface area contributed by atoms with Gasteiger partial charge in [-0.05, 0) is 38.0 Å². The minimum absolute atomic E-state index is 0.0810. The van der Waals surface area contributed by atoms with E-state index < -0.39 is 0 Å². The molecule has 1 fully saturated rings. The molecule has 0 saturated carbocycles. The van der Waals surface area contributed by atoms with Crippen LogP contribution in [-0.2, 0) is 11.2 Å². The number of piperazine rings is 1. The van der Waals surface area contributed by atoms with Gasteiger partial charge in [0.1, 0.15) is 5.75 Å². The largest absolute Gasteiger partial charge is 0.497 e. The second-order valence-electron chi connectivity index (χ2n) is 6.75. The van der Waals surface area contributed by atoms with Crippen LogP contribution in [0.2, 0.25) is 0 Å². The number of aliphatic hydroxyl groups excluding tert-OH is 1. The van der Waals surface area contributed by atoms with E-state index in [2.05, 4.69) is 15.1 Å². The average Bonchev–Trinajstić information content (AvgIpc) is 2.61. The third-order valence-electron chi connectivity index (χ3n) is 4.73. The van der Waals surface area contributed by atoms with Gasteiger partial charge in [0.25, 0.3) is 0 Å². The summed E-state index contributed by atoms with van der Waals surface area (Å²) in [7, 11) is 1.65. The van der Waals surface area contributed by atoms with Gasteiger partial charge in [-0.25, -0.2) is 0 Å². The average molecular weight is 349 g/mol. The Morgan fingerprint density at radius 1 is 1.20 bits per heavy atom. The predicted octanol–water partition coefficient (Wildman–Crippen LogP) is 0.741. The molecule has 6 nitrogen and oxygen atoms in total. The molecular weight excluding hydrogens is 318 g/mol. The molecule has 140 valence electrons. The Kier molecular flexibility index (Phi) is 7.68. The Balaban J connectivity index is 1.69. The van der Waals surface area contributed by atoms with Crippen molar-refractivity contribution in [3.63, 3.8) is 0 Å². The number of methoxy groups -OCH3 is 1. The summed E-state index contributed by atoms with van der Waals surface area (Å²) in [6, 6.07) is 7.80. The molecular formula is C19H31N3O3. The van der Waals surface area contributed by atoms with E-state index in [1.54, 1.807) is 7.11 Å². The van der Waals surface area contributed by atoms with Crippen LogP contribution in [0.1, 0.15) is 19.4 Å². The number of carbonyl (C=O) groups excluding carboxylic acids is 1. The highest BCUT2D eigenvalue weighted by Crippen LogP contribution is 2.11. The fourth-order valence-corrected chi connectivity index (χ4v) is 3.14. The highest BCUT2D eigenvalue weighted by Gasteiger charge is 2.25. The van der Waals surface area contributed by atoms with Crippen molar-refractivity contribution >= 4 is 5.91 Å². The Labute approximate surface area is 150 Å². The first-order valence-corrected chi connectivity index (χ1v) is 9.04. The van der Waals surface area contributed by atoms with E-state index >= 15 is 0 Å². The molecule has 0 radical (unpaired) electrons. The number of carbonyl (C=O) groups is 1. The van der Waals surface area contributed by atoms with Gasteiger partial charge in [0.05, 0.1) is 19.3 Å². The summed E-state index contributed by atoms with van der Waals surface area (Å²) in [6.07, 6.45) is 0.509. The van der Waals surface area contributed by atoms with Crippen molar-refractivity contribution in [1.29, 1.82) is 0 Å². The number of aliphatic hydroxyl groups is 1. The summed E-state index contributed by atoms with van der Waals surface area (Å²) >= 11 is 0. The molecule has 2 atom stereocenters. The lowest BCUT2D eigenvalue weighted by Gasteiger charge is -2.37. The first-order valence-electron chi connectivity index (χ1n) is 9.04. The molecule has 1 aliphatic heterocycles. The number of amides is 1. The summed E-state index contributed by atoms with van der Waals surface area (Å²) < 4.78 is 5.15. The Bertz CT molecular complexity index is 525. The smallest absolute Gasteiger partial charge is 0.237 e. The first kappa shape index (κ1) is 19.7. The van der Waals surface area contributed by atoms with Crippen molar-refractivity contribution in [1.82, 2.24) is 15.1 Å². The molecule has 0 spiro atoms. The number of ether oxygens (including phenoxy) is 1. The molecule has 1 aromatic rings. The van der Waals surface area contributed by atoms with Crippen molar-refractivity contribution in [3.05, 3.63) is 29.8 Å². The quantitative estimate of drug-likeness (QED) is 0.725. The van der Waals surface area contributed by atoms with Crippen molar-refractivity contribution in [2.75, 3.05) is 46.4 Å². The molecule has 0 aromatic heterocycles. The Morgan fingerprint density at radius 3 is 2.40 bits per heavy atom. The summed E-state index contributed by atoms with van der Waals surface area (Å²) in [6.45, 7) is 8.63. The van der Waals surface area contributed by atoms with E-state index in [1.807, 2.05) is 38.1 Å². The van der Waals surface area contributed by atoms with Gasteiger partial charge in [-0.2, -0.15) is 0 Å². The molecule has 0 unspecified atom stereocenters. The van der Waals surface area contributed by atoms with Gasteiger partial charge in [-0.3, -0.25) is 14.6 Å². The Hall–Kier alpha value is -1.63. The van der Waals surface area contributed by atoms with Crippen LogP contribution < -0.4 is 10.1 Å². The highest BCUT2D eigenvalue weighted by molar-refractivity contribution is 5.81. The van der Waals surface area contributed by atoms with Crippen molar-refractivity contribution < 1.29 is 14.6 Å². The molecule has 1 aliphatic rings. The minimum Gasteiger partial charge on any atom is -0.497 e. The highest BCUT2D eigenvalue weighted by atomic mass is 16.5. The van der Waals surface area contributed by atoms with Crippen molar-refractivity contribution in [2.45, 2.75) is 32.4 Å². The van der Waals surface area contributed by atoms with E-state index in [9.17, 15) is 9.90 Å². The molecule has 6 heteroatoms. The van der Waals surface area contributed by atoms with E-state index in [0.717, 1.165) is 38.3 Å². The van der Waals surface area contributed by atoms with Gasteiger partial charge in [0.2, 0.25) is 5.91 Å². The van der Waals surface area contributed by atoms with E-state index in [4.69, 9.17) is 4.74 Å². The third kappa shape index (κ3) is 6.30. The van der Waals surface area contributed by atoms with E-state index in [-0.39, 0.29) is 18.1 Å². The predicted molar refractivity (Wildman–Crippen MR) is 98.9 cm³/mol. The van der Waals surface area contributed by atoms with Crippen LogP contribution in [0.15, 0.2) is 24.3 Å². The molecule has 1 aromatic carbocycles. The third-order valence-corrected chi connectivity index (χ3v) is 4.73. The topological polar surface area (TPSA) is 65.0 Å². The zero-order valence-electron chi connectivity index (χ0n) is 15.6. The van der Waals surface area contributed by atoms with E-state index in [0.29, 0.717) is 13.1 Å². The van der Waals surface area contributed by atoms with Gasteiger partial charge >= 0.3 is 0 Å². The first-order chi connectivity index (χ1) is 12.0. The maximum absolute atomic E-state index is 12.4. The summed E-state index contributed by atoms with van der Waals surface area (Å²) in [4.78, 5) is 16.8. The zero-order chi connectivity index (χ0) is 18.2. The van der Waals surface area contributed by atoms with Gasteiger partial charge < -0.3 is 15.2 Å². The summed E-state index contributed by atoms with van der Waals surface area (Å²) in [5, 5.41) is 12.5. The number of nitrogens with one attached hydrogen (secondary N) is 1. The van der Waals surface area contributed by atoms with Crippen molar-refractivity contribution in [2.24, 2.45) is 0 Å². The van der Waals surface area contributed by atoms with Crippen LogP contribution in [0.5, 0.6) is 5.75 Å². The van der Waals surface area contributed by atoms with Crippen LogP contribution in [0, 0.1) is 0 Å². The lowest BCUT2D eigenvalue weighted by molar-refractivity contribution is -0.126. The van der Waals surface area contributed by atoms with Gasteiger partial charge in [-0.15, -0.1) is 0 Å². The molecule has 0 aliphatic carbocycles. The molecule has 1 saturated heterocycles. The maximum Gasteiger partial charge on any atom is 0.237 e. The fraction of sp³-hybridized carbons (Fsp3) is 0.632. The van der Waals surface area contributed by atoms with Crippen LogP contribution in [0.4, 0.5) is 0 Å². The number of hydrogen-bond donors (Lipinski definition) is 2. The molecule has 1 amide bonds. The molecule has 25 heavy (non-hydrogen) atoms. The summed E-state index contributed by atoms with van der Waals surface area (Å²) in [5.41, 5.74) is 1.18. The number of nitrogens with zero attached hydrogens (tertiary/aromatic N) is 2. The molecule has 2 N–H and O–H groups in total. The fourth-order valence-electron chi connectivity index (χ4n) is 3.14. The molecule has 0 bridgehead atoms. The van der Waals surface area contributed by atoms with Crippen LogP contribution in [0.25, 0.3) is 0 Å². The lowest BCUT2D eigenvalue weighted by atomic mass is 10.1. The standard InChI is InChI=1S/C19H31N3O3/c1-15(23)14-21-10-12-22(13-11-21)16(2)19(24)20-9-8-17-4-6-18(25-3)7-5-17/h4-7,15-16,23H,8-14H2,1-3H3,(H,20,24)/t15-,16-/m1/s1. The Morgan fingerprint density at radius 2 is 1.84 bits per heavy atom. The second kappa shape index (κ2) is 9.75. The lowest BCUT2D eigenvalue weighted by Crippen LogP contribution is -2.54. The second-order valence-corrected chi connectivity index (χ2v) is 6.75. The number of β-amino-alcohol motifs (C(OH)–C–C–N with tert-alkyl or cyclic N) is 1. The number of benzene rings is 1. The zero-order valence-corrected chi connectivity index (χ0v) is 15.6. The number of rotatable bonds is 8. The number of hydrogen-bond acceptors (Lipinski definition) is 5. The SMILES string of the molecule is COc1ccc(CCNC(=O)[C@@H](C)N2CCN(C[C@@H](C)O)CC2)cc1. The van der Waals surface area contributed by atoms with E-state index in [1.165, 1.54) is 5.56 Å². The van der Waals surface area contributed by atoms with Gasteiger partial charge in [-0.1, -0.05) is 12.1 Å². The van der Waals surface area contributed by atoms with Gasteiger partial charge in [0.15, 0.2) is 0 Å². The minimum atomic E-state index is -0.301. The normalized spacial score (nSPS) is 18.6. The molecule has 2 rings (SSSR count). The van der Waals surface area contributed by atoms with Gasteiger partial charge in [0, 0.05) is 39.3 Å². The molecule has 1 heterocycles. The van der Waals surface area contributed by atoms with Crippen LogP contribution >= 0.6 is 0 Å². The van der Waals surface area contributed by atoms with Crippen molar-refractivity contribution in [3.8, 4) is 5.75 Å². The summed E-state index contributed by atoms with van der Waals surface area (Å²) in [5.74, 6) is 0.925. The van der Waals surface area contributed by atoms with Crippen LogP contribution in [-0.4, -0.2) is 79.3 Å².